The van der Waals surface area contributed by atoms with Gasteiger partial charge in [-0.1, -0.05) is 6.07 Å². The van der Waals surface area contributed by atoms with E-state index in [2.05, 4.69) is 10.3 Å². The van der Waals surface area contributed by atoms with E-state index < -0.39 is 0 Å². The lowest BCUT2D eigenvalue weighted by Gasteiger charge is -2.37. The first-order chi connectivity index (χ1) is 9.84. The molecule has 0 radical (unpaired) electrons. The van der Waals surface area contributed by atoms with Crippen LogP contribution in [0.5, 0.6) is 0 Å². The third-order valence-electron chi connectivity index (χ3n) is 4.06. The number of amides is 1. The maximum Gasteiger partial charge on any atom is 0.225 e. The zero-order chi connectivity index (χ0) is 13.8. The smallest absolute Gasteiger partial charge is 0.225 e. The van der Waals surface area contributed by atoms with Crippen molar-refractivity contribution in [2.45, 2.75) is 31.4 Å². The Morgan fingerprint density at radius 1 is 1.52 bits per heavy atom. The summed E-state index contributed by atoms with van der Waals surface area (Å²) < 4.78 is 5.58. The minimum absolute atomic E-state index is 0. The predicted molar refractivity (Wildman–Crippen MR) is 82.4 cm³/mol. The molecule has 1 aromatic heterocycles. The lowest BCUT2D eigenvalue weighted by molar-refractivity contribution is -0.136. The summed E-state index contributed by atoms with van der Waals surface area (Å²) in [7, 11) is 0. The van der Waals surface area contributed by atoms with Crippen LogP contribution in [0.15, 0.2) is 24.5 Å². The van der Waals surface area contributed by atoms with Crippen molar-refractivity contribution in [1.29, 1.82) is 0 Å². The number of halogens is 1. The SMILES string of the molecule is Cl.O=C(CC1CCCO1)N1CCNCC1c1cccnc1. The maximum atomic E-state index is 12.5. The molecule has 2 unspecified atom stereocenters. The van der Waals surface area contributed by atoms with Gasteiger partial charge in [0.05, 0.1) is 18.6 Å². The molecule has 0 saturated carbocycles. The summed E-state index contributed by atoms with van der Waals surface area (Å²) in [5, 5.41) is 3.36. The Hall–Kier alpha value is -1.17. The van der Waals surface area contributed by atoms with E-state index in [1.807, 2.05) is 23.2 Å². The molecule has 3 rings (SSSR count). The minimum atomic E-state index is 0. The Bertz CT molecular complexity index is 451. The third-order valence-corrected chi connectivity index (χ3v) is 4.06. The van der Waals surface area contributed by atoms with Crippen molar-refractivity contribution >= 4 is 18.3 Å². The van der Waals surface area contributed by atoms with Gasteiger partial charge in [0.25, 0.3) is 0 Å². The molecule has 1 aromatic rings. The second kappa shape index (κ2) is 7.73. The number of carbonyl (C=O) groups excluding carboxylic acids is 1. The third kappa shape index (κ3) is 3.93. The molecule has 0 aromatic carbocycles. The van der Waals surface area contributed by atoms with Crippen molar-refractivity contribution in [3.05, 3.63) is 30.1 Å². The van der Waals surface area contributed by atoms with Crippen molar-refractivity contribution in [3.63, 3.8) is 0 Å². The average Bonchev–Trinajstić information content (AvgIpc) is 3.01. The molecule has 0 aliphatic carbocycles. The summed E-state index contributed by atoms with van der Waals surface area (Å²) in [5.74, 6) is 0.201. The number of aromatic nitrogens is 1. The largest absolute Gasteiger partial charge is 0.378 e. The number of nitrogens with zero attached hydrogens (tertiary/aromatic N) is 2. The topological polar surface area (TPSA) is 54.5 Å². The molecule has 2 fully saturated rings. The van der Waals surface area contributed by atoms with E-state index in [0.29, 0.717) is 6.42 Å². The Balaban J connectivity index is 0.00000161. The van der Waals surface area contributed by atoms with Crippen LogP contribution in [-0.4, -0.2) is 48.1 Å². The van der Waals surface area contributed by atoms with Gasteiger partial charge in [-0.05, 0) is 24.5 Å². The van der Waals surface area contributed by atoms with Gasteiger partial charge < -0.3 is 15.0 Å². The van der Waals surface area contributed by atoms with E-state index in [1.54, 1.807) is 6.20 Å². The number of hydrogen-bond donors (Lipinski definition) is 1. The minimum Gasteiger partial charge on any atom is -0.378 e. The van der Waals surface area contributed by atoms with Crippen LogP contribution in [0.2, 0.25) is 0 Å². The Morgan fingerprint density at radius 3 is 3.14 bits per heavy atom. The molecule has 2 aliphatic rings. The number of ether oxygens (including phenoxy) is 1. The molecule has 2 saturated heterocycles. The molecule has 0 bridgehead atoms. The Morgan fingerprint density at radius 2 is 2.43 bits per heavy atom. The molecule has 1 amide bonds. The first-order valence-electron chi connectivity index (χ1n) is 7.36. The quantitative estimate of drug-likeness (QED) is 0.920. The number of piperazine rings is 1. The van der Waals surface area contributed by atoms with Crippen LogP contribution >= 0.6 is 12.4 Å². The highest BCUT2D eigenvalue weighted by atomic mass is 35.5. The van der Waals surface area contributed by atoms with Crippen molar-refractivity contribution in [3.8, 4) is 0 Å². The monoisotopic (exact) mass is 311 g/mol. The summed E-state index contributed by atoms with van der Waals surface area (Å²) in [6, 6.07) is 4.05. The molecule has 1 N–H and O–H groups in total. The Labute approximate surface area is 131 Å². The molecular formula is C15H22ClN3O2. The average molecular weight is 312 g/mol. The molecule has 5 nitrogen and oxygen atoms in total. The van der Waals surface area contributed by atoms with E-state index in [9.17, 15) is 4.79 Å². The molecule has 21 heavy (non-hydrogen) atoms. The van der Waals surface area contributed by atoms with Gasteiger partial charge in [-0.15, -0.1) is 12.4 Å². The standard InChI is InChI=1S/C15H21N3O2.ClH/c19-15(9-13-4-2-8-20-13)18-7-6-17-11-14(18)12-3-1-5-16-10-12;/h1,3,5,10,13-14,17H,2,4,6-9,11H2;1H. The van der Waals surface area contributed by atoms with Gasteiger partial charge in [-0.2, -0.15) is 0 Å². The fourth-order valence-corrected chi connectivity index (χ4v) is 2.99. The van der Waals surface area contributed by atoms with Gasteiger partial charge in [-0.25, -0.2) is 0 Å². The van der Waals surface area contributed by atoms with Crippen molar-refractivity contribution in [1.82, 2.24) is 15.2 Å². The molecule has 116 valence electrons. The van der Waals surface area contributed by atoms with Crippen LogP contribution in [0.25, 0.3) is 0 Å². The lowest BCUT2D eigenvalue weighted by atomic mass is 10.0. The van der Waals surface area contributed by atoms with Crippen molar-refractivity contribution < 1.29 is 9.53 Å². The molecule has 2 aliphatic heterocycles. The highest BCUT2D eigenvalue weighted by Gasteiger charge is 2.30. The summed E-state index contributed by atoms with van der Waals surface area (Å²) >= 11 is 0. The number of pyridine rings is 1. The predicted octanol–water partition coefficient (Wildman–Crippen LogP) is 1.55. The van der Waals surface area contributed by atoms with E-state index in [-0.39, 0.29) is 30.5 Å². The van der Waals surface area contributed by atoms with Gasteiger partial charge in [0.2, 0.25) is 5.91 Å². The summed E-state index contributed by atoms with van der Waals surface area (Å²) in [4.78, 5) is 18.7. The zero-order valence-corrected chi connectivity index (χ0v) is 12.8. The van der Waals surface area contributed by atoms with Crippen LogP contribution < -0.4 is 5.32 Å². The summed E-state index contributed by atoms with van der Waals surface area (Å²) in [5.41, 5.74) is 1.10. The second-order valence-electron chi connectivity index (χ2n) is 5.43. The van der Waals surface area contributed by atoms with Crippen molar-refractivity contribution in [2.75, 3.05) is 26.2 Å². The van der Waals surface area contributed by atoms with Gasteiger partial charge >= 0.3 is 0 Å². The van der Waals surface area contributed by atoms with Crippen LogP contribution in [-0.2, 0) is 9.53 Å². The fourth-order valence-electron chi connectivity index (χ4n) is 2.99. The molecule has 2 atom stereocenters. The number of carbonyl (C=O) groups is 1. The normalized spacial score (nSPS) is 25.4. The van der Waals surface area contributed by atoms with Gasteiger partial charge in [0.15, 0.2) is 0 Å². The van der Waals surface area contributed by atoms with Crippen LogP contribution in [0.3, 0.4) is 0 Å². The van der Waals surface area contributed by atoms with Gasteiger partial charge in [-0.3, -0.25) is 9.78 Å². The molecular weight excluding hydrogens is 290 g/mol. The number of hydrogen-bond acceptors (Lipinski definition) is 4. The van der Waals surface area contributed by atoms with Crippen LogP contribution in [0, 0.1) is 0 Å². The molecule has 0 spiro atoms. The number of nitrogens with one attached hydrogen (secondary N) is 1. The first kappa shape index (κ1) is 16.2. The van der Waals surface area contributed by atoms with Crippen LogP contribution in [0.4, 0.5) is 0 Å². The highest BCUT2D eigenvalue weighted by Crippen LogP contribution is 2.24. The molecule has 3 heterocycles. The second-order valence-corrected chi connectivity index (χ2v) is 5.43. The van der Waals surface area contributed by atoms with Gasteiger partial charge in [0.1, 0.15) is 0 Å². The lowest BCUT2D eigenvalue weighted by Crippen LogP contribution is -2.49. The maximum absolute atomic E-state index is 12.5. The van der Waals surface area contributed by atoms with Crippen molar-refractivity contribution in [2.24, 2.45) is 0 Å². The van der Waals surface area contributed by atoms with Crippen LogP contribution in [0.1, 0.15) is 30.9 Å². The summed E-state index contributed by atoms with van der Waals surface area (Å²) in [6.45, 7) is 3.20. The van der Waals surface area contributed by atoms with E-state index in [1.165, 1.54) is 0 Å². The molecule has 6 heteroatoms. The highest BCUT2D eigenvalue weighted by molar-refractivity contribution is 5.85. The van der Waals surface area contributed by atoms with Gasteiger partial charge in [0, 0.05) is 38.6 Å². The fraction of sp³-hybridized carbons (Fsp3) is 0.600. The van der Waals surface area contributed by atoms with E-state index in [4.69, 9.17) is 4.74 Å². The number of rotatable bonds is 3. The van der Waals surface area contributed by atoms with E-state index in [0.717, 1.165) is 44.6 Å². The summed E-state index contributed by atoms with van der Waals surface area (Å²) in [6.07, 6.45) is 6.33. The Kier molecular flexibility index (Phi) is 5.96. The van der Waals surface area contributed by atoms with E-state index >= 15 is 0 Å². The first-order valence-corrected chi connectivity index (χ1v) is 7.36. The zero-order valence-electron chi connectivity index (χ0n) is 12.0.